The highest BCUT2D eigenvalue weighted by Crippen LogP contribution is 2.41. The van der Waals surface area contributed by atoms with Crippen molar-refractivity contribution in [3.63, 3.8) is 0 Å². The number of pyridine rings is 1. The summed E-state index contributed by atoms with van der Waals surface area (Å²) in [4.78, 5) is 80.0. The van der Waals surface area contributed by atoms with E-state index in [-0.39, 0.29) is 104 Å². The summed E-state index contributed by atoms with van der Waals surface area (Å²) in [6.45, 7) is 17.5. The SMILES string of the molecule is C=CC(=O)N1CC[C@H](C(=O)N(C)[C@H](C(=O)N[C@H]2Cc3cc(O)cc(c3)-c3ccc4c(c3)c(c(-c3ccc(C5CCN(C)CC5)nc3)n4CC)CC(C)(C)COC(=O)[C@@H]3CCCN(N3)C2=O)C(C)C)C1.S.S.S.S. The number of ether oxygens (including phenoxy) is 1. The molecule has 73 heavy (non-hydrogen) atoms. The minimum Gasteiger partial charge on any atom is -0.508 e. The summed E-state index contributed by atoms with van der Waals surface area (Å²) in [6, 6.07) is 13.1. The summed E-state index contributed by atoms with van der Waals surface area (Å²) in [5.41, 5.74) is 10.2. The molecule has 4 aliphatic rings. The molecule has 3 N–H and O–H groups in total. The highest BCUT2D eigenvalue weighted by atomic mass is 32.1. The first-order valence-corrected chi connectivity index (χ1v) is 24.8. The molecule has 6 bridgehead atoms. The molecule has 400 valence electrons. The molecule has 0 radical (unpaired) electrons. The number of nitrogens with zero attached hydrogens (tertiary/aromatic N) is 6. The van der Waals surface area contributed by atoms with E-state index in [0.29, 0.717) is 50.3 Å². The van der Waals surface area contributed by atoms with E-state index in [0.717, 1.165) is 70.5 Å². The summed E-state index contributed by atoms with van der Waals surface area (Å²) >= 11 is 0. The lowest BCUT2D eigenvalue weighted by Crippen LogP contribution is -2.62. The van der Waals surface area contributed by atoms with Gasteiger partial charge in [0.15, 0.2) is 0 Å². The van der Waals surface area contributed by atoms with E-state index in [9.17, 15) is 29.1 Å². The van der Waals surface area contributed by atoms with Crippen LogP contribution < -0.4 is 10.7 Å². The fraction of sp³-hybridized carbons (Fsp3) is 0.519. The minimum absolute atomic E-state index is 0. The van der Waals surface area contributed by atoms with E-state index < -0.39 is 47.2 Å². The molecule has 3 saturated heterocycles. The van der Waals surface area contributed by atoms with E-state index in [1.165, 1.54) is 16.0 Å². The molecule has 4 amide bonds. The predicted octanol–water partition coefficient (Wildman–Crippen LogP) is 6.52. The van der Waals surface area contributed by atoms with Crippen molar-refractivity contribution in [1.82, 2.24) is 40.0 Å². The number of aryl methyl sites for hydroxylation is 1. The van der Waals surface area contributed by atoms with E-state index in [1.807, 2.05) is 32.2 Å². The molecule has 3 fully saturated rings. The van der Waals surface area contributed by atoms with Crippen molar-refractivity contribution < 1.29 is 33.8 Å². The van der Waals surface area contributed by atoms with Crippen molar-refractivity contribution >= 4 is 94.5 Å². The summed E-state index contributed by atoms with van der Waals surface area (Å²) in [6.07, 6.45) is 7.42. The van der Waals surface area contributed by atoms with Crippen LogP contribution in [0.3, 0.4) is 0 Å². The first-order chi connectivity index (χ1) is 32.9. The van der Waals surface area contributed by atoms with Gasteiger partial charge in [-0.25, -0.2) is 5.43 Å². The number of hydrogen-bond donors (Lipinski definition) is 3. The average molecular weight is 1080 g/mol. The smallest absolute Gasteiger partial charge is 0.324 e. The summed E-state index contributed by atoms with van der Waals surface area (Å²) < 4.78 is 8.47. The Hall–Kier alpha value is -4.66. The first kappa shape index (κ1) is 60.9. The summed E-state index contributed by atoms with van der Waals surface area (Å²) in [7, 11) is 3.76. The Kier molecular flexibility index (Phi) is 21.5. The number of piperidine rings is 1. The third kappa shape index (κ3) is 13.4. The molecular formula is C54H78N8O7S4. The number of phenols is 1. The number of hydrazine groups is 1. The van der Waals surface area contributed by atoms with Gasteiger partial charge < -0.3 is 34.4 Å². The minimum atomic E-state index is -1.15. The van der Waals surface area contributed by atoms with Gasteiger partial charge in [0.2, 0.25) is 17.7 Å². The molecule has 6 heterocycles. The number of benzene rings is 2. The van der Waals surface area contributed by atoms with Gasteiger partial charge in [0.1, 0.15) is 23.9 Å². The zero-order chi connectivity index (χ0) is 49.3. The Morgan fingerprint density at radius 3 is 2.33 bits per heavy atom. The lowest BCUT2D eigenvalue weighted by molar-refractivity contribution is -0.155. The second-order valence-electron chi connectivity index (χ2n) is 20.9. The predicted molar refractivity (Wildman–Crippen MR) is 307 cm³/mol. The summed E-state index contributed by atoms with van der Waals surface area (Å²) in [5.74, 6) is -2.37. The molecule has 4 aliphatic heterocycles. The zero-order valence-electron chi connectivity index (χ0n) is 43.4. The van der Waals surface area contributed by atoms with Crippen molar-refractivity contribution in [2.45, 2.75) is 110 Å². The number of hydrogen-bond acceptors (Lipinski definition) is 10. The number of esters is 1. The Morgan fingerprint density at radius 1 is 0.959 bits per heavy atom. The fourth-order valence-corrected chi connectivity index (χ4v) is 11.0. The van der Waals surface area contributed by atoms with Crippen molar-refractivity contribution in [1.29, 1.82) is 0 Å². The number of aromatic hydroxyl groups is 1. The molecule has 0 unspecified atom stereocenters. The van der Waals surface area contributed by atoms with Crippen LogP contribution in [0.25, 0.3) is 33.3 Å². The highest BCUT2D eigenvalue weighted by Gasteiger charge is 2.40. The number of nitrogens with one attached hydrogen (secondary N) is 2. The molecule has 4 aromatic rings. The lowest BCUT2D eigenvalue weighted by atomic mass is 9.84. The lowest BCUT2D eigenvalue weighted by Gasteiger charge is -2.37. The van der Waals surface area contributed by atoms with Crippen LogP contribution in [0.4, 0.5) is 0 Å². The van der Waals surface area contributed by atoms with Crippen molar-refractivity contribution in [2.75, 3.05) is 53.4 Å². The molecule has 15 nitrogen and oxygen atoms in total. The third-order valence-corrected chi connectivity index (χ3v) is 14.7. The number of likely N-dealkylation sites (N-methyl/N-ethyl adjacent to an activating group) is 1. The molecule has 19 heteroatoms. The van der Waals surface area contributed by atoms with Crippen LogP contribution in [0.1, 0.15) is 89.5 Å². The Balaban J connectivity index is 0.00000289. The van der Waals surface area contributed by atoms with Crippen LogP contribution in [0.15, 0.2) is 67.4 Å². The van der Waals surface area contributed by atoms with Gasteiger partial charge in [-0.3, -0.25) is 34.0 Å². The monoisotopic (exact) mass is 1080 g/mol. The van der Waals surface area contributed by atoms with Gasteiger partial charge in [-0.05, 0) is 136 Å². The second-order valence-corrected chi connectivity index (χ2v) is 20.9. The normalized spacial score (nSPS) is 20.8. The van der Waals surface area contributed by atoms with Gasteiger partial charge in [0.25, 0.3) is 5.91 Å². The van der Waals surface area contributed by atoms with Crippen LogP contribution in [-0.4, -0.2) is 136 Å². The third-order valence-electron chi connectivity index (χ3n) is 14.7. The quantitative estimate of drug-likeness (QED) is 0.124. The van der Waals surface area contributed by atoms with Crippen molar-refractivity contribution in [3.8, 4) is 28.1 Å². The van der Waals surface area contributed by atoms with Crippen LogP contribution in [0, 0.1) is 17.3 Å². The standard InChI is InChI=1S/C54H70N8O7.4H2S/c1-9-47(64)60-23-19-38(31-60)51(66)59(8)48(33(3)4)50(65)56-45-26-34-24-39(27-40(63)25-34)36-14-16-46-41(28-36)42(29-54(5,6)32-69-53(68)44-12-11-20-62(57-44)52(45)67)49(61(46)10-2)37-13-15-43(55-30-37)35-17-21-58(7)22-18-35;;;;/h9,13-16,24-25,27-28,30,33,35,38,44-45,48,57,63H,1,10-12,17-23,26,29,31-32H2,2-8H3,(H,56,65);4*1H2/t38-,44-,45-,48-;;;;/m0..../s1. The number of rotatable bonds is 9. The largest absolute Gasteiger partial charge is 0.508 e. The number of carbonyl (C=O) groups is 5. The molecule has 8 rings (SSSR count). The number of phenolic OH excluding ortho intramolecular Hbond substituents is 1. The molecular weight excluding hydrogens is 1000 g/mol. The van der Waals surface area contributed by atoms with E-state index in [2.05, 4.69) is 78.9 Å². The molecule has 4 atom stereocenters. The van der Waals surface area contributed by atoms with Gasteiger partial charge in [-0.1, -0.05) is 46.4 Å². The molecule has 0 saturated carbocycles. The molecule has 2 aromatic heterocycles. The average Bonchev–Trinajstić information content (AvgIpc) is 3.95. The zero-order valence-corrected chi connectivity index (χ0v) is 47.4. The van der Waals surface area contributed by atoms with E-state index in [1.54, 1.807) is 24.1 Å². The van der Waals surface area contributed by atoms with Crippen LogP contribution in [-0.2, 0) is 48.1 Å². The van der Waals surface area contributed by atoms with E-state index in [4.69, 9.17) is 9.72 Å². The van der Waals surface area contributed by atoms with Crippen LogP contribution >= 0.6 is 54.0 Å². The van der Waals surface area contributed by atoms with Crippen molar-refractivity contribution in [3.05, 3.63) is 84.2 Å². The number of fused-ring (bicyclic) bond motifs is 6. The maximum Gasteiger partial charge on any atom is 0.324 e. The van der Waals surface area contributed by atoms with Crippen LogP contribution in [0.2, 0.25) is 0 Å². The topological polar surface area (TPSA) is 170 Å². The Labute approximate surface area is 459 Å². The Bertz CT molecular complexity index is 2620. The molecule has 2 aromatic carbocycles. The molecule has 0 aliphatic carbocycles. The first-order valence-electron chi connectivity index (χ1n) is 24.8. The number of likely N-dealkylation sites (tertiary alicyclic amines) is 2. The van der Waals surface area contributed by atoms with Gasteiger partial charge in [0, 0.05) is 79.3 Å². The number of carbonyl (C=O) groups excluding carboxylic acids is 5. The fourth-order valence-electron chi connectivity index (χ4n) is 11.0. The number of aromatic nitrogens is 2. The number of amides is 4. The number of cyclic esters (lactones) is 1. The summed E-state index contributed by atoms with van der Waals surface area (Å²) in [5, 5.41) is 16.8. The van der Waals surface area contributed by atoms with E-state index >= 15 is 0 Å². The Morgan fingerprint density at radius 2 is 1.67 bits per heavy atom. The maximum atomic E-state index is 14.7. The van der Waals surface area contributed by atoms with Gasteiger partial charge >= 0.3 is 5.97 Å². The highest BCUT2D eigenvalue weighted by molar-refractivity contribution is 7.59. The van der Waals surface area contributed by atoms with Crippen molar-refractivity contribution in [2.24, 2.45) is 17.3 Å². The van der Waals surface area contributed by atoms with Crippen LogP contribution in [0.5, 0.6) is 5.75 Å². The molecule has 0 spiro atoms. The second kappa shape index (κ2) is 25.7. The van der Waals surface area contributed by atoms with Gasteiger partial charge in [-0.15, -0.1) is 0 Å². The van der Waals surface area contributed by atoms with Gasteiger partial charge in [-0.2, -0.15) is 54.0 Å². The van der Waals surface area contributed by atoms with Gasteiger partial charge in [0.05, 0.1) is 18.2 Å². The maximum absolute atomic E-state index is 14.7.